The van der Waals surface area contributed by atoms with E-state index in [2.05, 4.69) is 0 Å². The van der Waals surface area contributed by atoms with Crippen LogP contribution in [0.2, 0.25) is 0 Å². The first kappa shape index (κ1) is 17.2. The first-order valence-corrected chi connectivity index (χ1v) is 6.95. The summed E-state index contributed by atoms with van der Waals surface area (Å²) in [7, 11) is 0. The van der Waals surface area contributed by atoms with Crippen molar-refractivity contribution in [2.45, 2.75) is 25.9 Å². The lowest BCUT2D eigenvalue weighted by Crippen LogP contribution is -2.09. The Bertz CT molecular complexity index is 469. The Morgan fingerprint density at radius 3 is 2.86 bits per heavy atom. The third-order valence-corrected chi connectivity index (χ3v) is 3.15. The van der Waals surface area contributed by atoms with E-state index >= 15 is 0 Å². The Balaban J connectivity index is 2.56. The second-order valence-corrected chi connectivity index (χ2v) is 4.88. The van der Waals surface area contributed by atoms with Crippen molar-refractivity contribution < 1.29 is 24.9 Å². The van der Waals surface area contributed by atoms with Crippen LogP contribution >= 0.6 is 0 Å². The zero-order valence-electron chi connectivity index (χ0n) is 12.1. The number of aliphatic carboxylic acids is 1. The molecule has 2 atom stereocenters. The minimum Gasteiger partial charge on any atom is -0.491 e. The maximum Gasteiger partial charge on any atom is 0.327 e. The zero-order chi connectivity index (χ0) is 15.7. The van der Waals surface area contributed by atoms with Crippen molar-refractivity contribution in [3.05, 3.63) is 42.0 Å². The number of carbonyl (C=O) groups is 1. The summed E-state index contributed by atoms with van der Waals surface area (Å²) in [5.74, 6) is -0.355. The number of hydrogen-bond donors (Lipinski definition) is 3. The molecule has 0 saturated carbocycles. The predicted molar refractivity (Wildman–Crippen MR) is 79.2 cm³/mol. The molecular formula is C16H22O5. The Morgan fingerprint density at radius 1 is 1.43 bits per heavy atom. The van der Waals surface area contributed by atoms with E-state index in [1.165, 1.54) is 0 Å². The molecule has 0 radical (unpaired) electrons. The highest BCUT2D eigenvalue weighted by atomic mass is 16.5. The maximum atomic E-state index is 10.4. The van der Waals surface area contributed by atoms with Gasteiger partial charge in [0.1, 0.15) is 12.4 Å². The summed E-state index contributed by atoms with van der Waals surface area (Å²) in [5.41, 5.74) is 0.750. The smallest absolute Gasteiger partial charge is 0.327 e. The van der Waals surface area contributed by atoms with E-state index in [1.54, 1.807) is 24.3 Å². The van der Waals surface area contributed by atoms with Gasteiger partial charge in [0, 0.05) is 6.08 Å². The molecular weight excluding hydrogens is 272 g/mol. The van der Waals surface area contributed by atoms with Gasteiger partial charge in [-0.1, -0.05) is 25.1 Å². The first-order chi connectivity index (χ1) is 10.0. The molecule has 0 fully saturated rings. The Kier molecular flexibility index (Phi) is 7.50. The summed E-state index contributed by atoms with van der Waals surface area (Å²) in [6.07, 6.45) is 3.35. The van der Waals surface area contributed by atoms with E-state index in [0.29, 0.717) is 18.6 Å². The van der Waals surface area contributed by atoms with Crippen LogP contribution in [0.5, 0.6) is 5.75 Å². The number of rotatable bonds is 9. The van der Waals surface area contributed by atoms with Crippen molar-refractivity contribution in [3.8, 4) is 5.75 Å². The molecule has 3 N–H and O–H groups in total. The van der Waals surface area contributed by atoms with Gasteiger partial charge in [-0.05, 0) is 36.5 Å². The summed E-state index contributed by atoms with van der Waals surface area (Å²) < 4.78 is 5.31. The lowest BCUT2D eigenvalue weighted by Gasteiger charge is -2.19. The Morgan fingerprint density at radius 2 is 2.19 bits per heavy atom. The molecule has 1 aromatic rings. The summed E-state index contributed by atoms with van der Waals surface area (Å²) >= 11 is 0. The number of benzene rings is 1. The highest BCUT2D eigenvalue weighted by molar-refractivity contribution is 5.79. The van der Waals surface area contributed by atoms with Gasteiger partial charge in [-0.25, -0.2) is 4.79 Å². The van der Waals surface area contributed by atoms with Crippen molar-refractivity contribution >= 4 is 5.97 Å². The largest absolute Gasteiger partial charge is 0.491 e. The minimum absolute atomic E-state index is 0.00321. The second-order valence-electron chi connectivity index (χ2n) is 4.88. The van der Waals surface area contributed by atoms with Gasteiger partial charge >= 0.3 is 5.97 Å². The van der Waals surface area contributed by atoms with Gasteiger partial charge in [-0.3, -0.25) is 0 Å². The molecule has 0 aliphatic rings. The van der Waals surface area contributed by atoms with Crippen LogP contribution in [-0.2, 0) is 4.79 Å². The molecule has 0 unspecified atom stereocenters. The highest BCUT2D eigenvalue weighted by Crippen LogP contribution is 2.27. The lowest BCUT2D eigenvalue weighted by atomic mass is 9.93. The van der Waals surface area contributed by atoms with Gasteiger partial charge in [-0.15, -0.1) is 0 Å². The van der Waals surface area contributed by atoms with E-state index in [9.17, 15) is 9.90 Å². The summed E-state index contributed by atoms with van der Waals surface area (Å²) in [6, 6.07) is 7.14. The standard InChI is InChI=1S/C16H22O5/c1-12(5-2-3-8-15(18)19)16(20)13-6-4-7-14(11-13)21-10-9-17/h3-4,6-8,11-12,16-17,20H,2,5,9-10H2,1H3,(H,18,19)/b8-3+/t12-,16+/m0/s1. The second kappa shape index (κ2) is 9.15. The molecule has 1 rings (SSSR count). The van der Waals surface area contributed by atoms with Gasteiger partial charge < -0.3 is 20.1 Å². The third kappa shape index (κ3) is 6.42. The molecule has 1 aromatic carbocycles. The van der Waals surface area contributed by atoms with Crippen molar-refractivity contribution in [3.63, 3.8) is 0 Å². The zero-order valence-corrected chi connectivity index (χ0v) is 12.1. The monoisotopic (exact) mass is 294 g/mol. The van der Waals surface area contributed by atoms with Crippen molar-refractivity contribution in [1.82, 2.24) is 0 Å². The molecule has 0 heterocycles. The van der Waals surface area contributed by atoms with Crippen LogP contribution in [0, 0.1) is 5.92 Å². The van der Waals surface area contributed by atoms with Crippen LogP contribution in [0.3, 0.4) is 0 Å². The SMILES string of the molecule is C[C@@H](CC/C=C/C(=O)O)[C@@H](O)c1cccc(OCCO)c1. The van der Waals surface area contributed by atoms with E-state index in [4.69, 9.17) is 14.9 Å². The van der Waals surface area contributed by atoms with E-state index < -0.39 is 12.1 Å². The topological polar surface area (TPSA) is 87.0 Å². The molecule has 0 aliphatic carbocycles. The molecule has 0 bridgehead atoms. The number of carboxylic acids is 1. The van der Waals surface area contributed by atoms with Gasteiger partial charge in [0.15, 0.2) is 0 Å². The van der Waals surface area contributed by atoms with Crippen molar-refractivity contribution in [1.29, 1.82) is 0 Å². The van der Waals surface area contributed by atoms with Crippen LogP contribution in [0.15, 0.2) is 36.4 Å². The van der Waals surface area contributed by atoms with Crippen LogP contribution in [0.4, 0.5) is 0 Å². The van der Waals surface area contributed by atoms with Crippen molar-refractivity contribution in [2.75, 3.05) is 13.2 Å². The lowest BCUT2D eigenvalue weighted by molar-refractivity contribution is -0.131. The molecule has 5 heteroatoms. The highest BCUT2D eigenvalue weighted by Gasteiger charge is 2.16. The third-order valence-electron chi connectivity index (χ3n) is 3.15. The molecule has 0 amide bonds. The molecule has 116 valence electrons. The normalized spacial score (nSPS) is 14.0. The minimum atomic E-state index is -0.961. The van der Waals surface area contributed by atoms with Crippen molar-refractivity contribution in [2.24, 2.45) is 5.92 Å². The number of hydrogen-bond acceptors (Lipinski definition) is 4. The Labute approximate surface area is 124 Å². The van der Waals surface area contributed by atoms with E-state index in [0.717, 1.165) is 11.6 Å². The number of allylic oxidation sites excluding steroid dienone is 1. The number of carboxylic acid groups (broad SMARTS) is 1. The van der Waals surface area contributed by atoms with Gasteiger partial charge in [0.05, 0.1) is 12.7 Å². The van der Waals surface area contributed by atoms with Gasteiger partial charge in [0.2, 0.25) is 0 Å². The Hall–Kier alpha value is -1.85. The number of aliphatic hydroxyl groups excluding tert-OH is 2. The number of ether oxygens (including phenoxy) is 1. The molecule has 21 heavy (non-hydrogen) atoms. The fourth-order valence-electron chi connectivity index (χ4n) is 1.98. The summed E-state index contributed by atoms with van der Waals surface area (Å²) in [6.45, 7) is 2.08. The van der Waals surface area contributed by atoms with Crippen LogP contribution in [0.1, 0.15) is 31.4 Å². The van der Waals surface area contributed by atoms with Crippen LogP contribution < -0.4 is 4.74 Å². The fraction of sp³-hybridized carbons (Fsp3) is 0.438. The van der Waals surface area contributed by atoms with Gasteiger partial charge in [0.25, 0.3) is 0 Å². The van der Waals surface area contributed by atoms with E-state index in [-0.39, 0.29) is 19.1 Å². The molecule has 0 spiro atoms. The molecule has 0 aliphatic heterocycles. The molecule has 0 aromatic heterocycles. The van der Waals surface area contributed by atoms with E-state index in [1.807, 2.05) is 13.0 Å². The fourth-order valence-corrected chi connectivity index (χ4v) is 1.98. The maximum absolute atomic E-state index is 10.4. The average Bonchev–Trinajstić information content (AvgIpc) is 2.48. The first-order valence-electron chi connectivity index (χ1n) is 6.95. The van der Waals surface area contributed by atoms with Gasteiger partial charge in [-0.2, -0.15) is 0 Å². The average molecular weight is 294 g/mol. The molecule has 5 nitrogen and oxygen atoms in total. The predicted octanol–water partition coefficient (Wildman–Crippen LogP) is 2.15. The summed E-state index contributed by atoms with van der Waals surface area (Å²) in [4.78, 5) is 10.4. The quantitative estimate of drug-likeness (QED) is 0.607. The van der Waals surface area contributed by atoms with Crippen LogP contribution in [-0.4, -0.2) is 34.5 Å². The number of aliphatic hydroxyl groups is 2. The molecule has 0 saturated heterocycles. The van der Waals surface area contributed by atoms with Crippen LogP contribution in [0.25, 0.3) is 0 Å². The summed E-state index contributed by atoms with van der Waals surface area (Å²) in [5, 5.41) is 27.5.